The van der Waals surface area contributed by atoms with Gasteiger partial charge in [0.25, 0.3) is 0 Å². The molecule has 0 N–H and O–H groups in total. The van der Waals surface area contributed by atoms with Crippen LogP contribution in [0.15, 0.2) is 21.8 Å². The van der Waals surface area contributed by atoms with E-state index in [0.717, 1.165) is 6.42 Å². The van der Waals surface area contributed by atoms with E-state index in [-0.39, 0.29) is 5.41 Å². The van der Waals surface area contributed by atoms with Crippen molar-refractivity contribution in [2.75, 3.05) is 0 Å². The van der Waals surface area contributed by atoms with Crippen LogP contribution in [-0.4, -0.2) is 0 Å². The van der Waals surface area contributed by atoms with Crippen molar-refractivity contribution in [2.24, 2.45) is 16.2 Å². The predicted octanol–water partition coefficient (Wildman–Crippen LogP) is 5.34. The lowest BCUT2D eigenvalue weighted by atomic mass is 9.52. The lowest BCUT2D eigenvalue weighted by molar-refractivity contribution is 0.0191. The first kappa shape index (κ1) is 13.3. The summed E-state index contributed by atoms with van der Waals surface area (Å²) >= 11 is 2.40. The quantitative estimate of drug-likeness (QED) is 0.529. The van der Waals surface area contributed by atoms with Crippen molar-refractivity contribution < 1.29 is 0 Å². The smallest absolute Gasteiger partial charge is 0.00873 e. The van der Waals surface area contributed by atoms with Crippen LogP contribution in [0, 0.1) is 16.2 Å². The third-order valence-corrected chi connectivity index (χ3v) is 4.62. The van der Waals surface area contributed by atoms with Gasteiger partial charge in [0, 0.05) is 8.99 Å². The Morgan fingerprint density at radius 2 is 1.53 bits per heavy atom. The van der Waals surface area contributed by atoms with Crippen molar-refractivity contribution in [2.45, 2.75) is 48.0 Å². The molecule has 0 bridgehead atoms. The van der Waals surface area contributed by atoms with Gasteiger partial charge < -0.3 is 0 Å². The van der Waals surface area contributed by atoms with Crippen LogP contribution in [-0.2, 0) is 0 Å². The molecule has 1 aliphatic rings. The SMILES string of the molecule is CC(C)(C)C1(C(C)(C)C)C=CC(I)=CC1. The van der Waals surface area contributed by atoms with Gasteiger partial charge in [-0.25, -0.2) is 0 Å². The van der Waals surface area contributed by atoms with Crippen molar-refractivity contribution in [1.29, 1.82) is 0 Å². The van der Waals surface area contributed by atoms with Crippen LogP contribution in [0.25, 0.3) is 0 Å². The third kappa shape index (κ3) is 2.32. The largest absolute Gasteiger partial charge is 0.0759 e. The van der Waals surface area contributed by atoms with Gasteiger partial charge in [0.15, 0.2) is 0 Å². The second-order valence-corrected chi connectivity index (χ2v) is 7.84. The van der Waals surface area contributed by atoms with Crippen LogP contribution in [0.1, 0.15) is 48.0 Å². The molecule has 15 heavy (non-hydrogen) atoms. The van der Waals surface area contributed by atoms with Gasteiger partial charge in [0.1, 0.15) is 0 Å². The van der Waals surface area contributed by atoms with Gasteiger partial charge in [-0.05, 0) is 39.8 Å². The molecule has 0 spiro atoms. The van der Waals surface area contributed by atoms with Gasteiger partial charge >= 0.3 is 0 Å². The average Bonchev–Trinajstić information content (AvgIpc) is 2.00. The first-order valence-electron chi connectivity index (χ1n) is 5.65. The highest BCUT2D eigenvalue weighted by Crippen LogP contribution is 2.56. The normalized spacial score (nSPS) is 21.4. The monoisotopic (exact) mass is 318 g/mol. The van der Waals surface area contributed by atoms with Gasteiger partial charge in [-0.3, -0.25) is 0 Å². The van der Waals surface area contributed by atoms with Gasteiger partial charge in [0.2, 0.25) is 0 Å². The minimum atomic E-state index is 0.272. The lowest BCUT2D eigenvalue weighted by Gasteiger charge is -2.53. The third-order valence-electron chi connectivity index (χ3n) is 3.82. The van der Waals surface area contributed by atoms with Crippen LogP contribution in [0.3, 0.4) is 0 Å². The Morgan fingerprint density at radius 3 is 1.80 bits per heavy atom. The highest BCUT2D eigenvalue weighted by Gasteiger charge is 2.48. The molecule has 0 atom stereocenters. The van der Waals surface area contributed by atoms with Crippen LogP contribution < -0.4 is 0 Å². The first-order chi connectivity index (χ1) is 6.60. The van der Waals surface area contributed by atoms with E-state index in [0.29, 0.717) is 10.8 Å². The highest BCUT2D eigenvalue weighted by atomic mass is 127. The maximum Gasteiger partial charge on any atom is 0.00873 e. The number of allylic oxidation sites excluding steroid dienone is 4. The standard InChI is InChI=1S/C14H23I/c1-12(2,3)14(13(4,5)6)9-7-11(15)8-10-14/h7-9H,10H2,1-6H3. The van der Waals surface area contributed by atoms with Gasteiger partial charge in [-0.2, -0.15) is 0 Å². The fourth-order valence-corrected chi connectivity index (χ4v) is 3.25. The molecule has 86 valence electrons. The van der Waals surface area contributed by atoms with E-state index in [4.69, 9.17) is 0 Å². The second-order valence-electron chi connectivity index (χ2n) is 6.60. The zero-order valence-corrected chi connectivity index (χ0v) is 13.0. The van der Waals surface area contributed by atoms with Crippen LogP contribution in [0.5, 0.6) is 0 Å². The fraction of sp³-hybridized carbons (Fsp3) is 0.714. The van der Waals surface area contributed by atoms with Crippen LogP contribution in [0.2, 0.25) is 0 Å². The maximum absolute atomic E-state index is 2.44. The molecule has 0 aromatic heterocycles. The summed E-state index contributed by atoms with van der Waals surface area (Å²) in [5.41, 5.74) is 0.875. The molecule has 0 aromatic rings. The van der Waals surface area contributed by atoms with Gasteiger partial charge in [-0.15, -0.1) is 0 Å². The molecule has 0 fully saturated rings. The molecular weight excluding hydrogens is 295 g/mol. The molecular formula is C14H23I. The Balaban J connectivity index is 3.19. The number of halogens is 1. The summed E-state index contributed by atoms with van der Waals surface area (Å²) in [5, 5.41) is 0. The Labute approximate surface area is 108 Å². The van der Waals surface area contributed by atoms with E-state index in [9.17, 15) is 0 Å². The Kier molecular flexibility index (Phi) is 3.45. The predicted molar refractivity (Wildman–Crippen MR) is 77.2 cm³/mol. The summed E-state index contributed by atoms with van der Waals surface area (Å²) in [5.74, 6) is 0. The first-order valence-corrected chi connectivity index (χ1v) is 6.73. The summed E-state index contributed by atoms with van der Waals surface area (Å²) in [7, 11) is 0. The molecule has 0 nitrogen and oxygen atoms in total. The fourth-order valence-electron chi connectivity index (χ4n) is 2.85. The van der Waals surface area contributed by atoms with Crippen molar-refractivity contribution in [3.8, 4) is 0 Å². The average molecular weight is 318 g/mol. The summed E-state index contributed by atoms with van der Waals surface area (Å²) in [6.45, 7) is 14.1. The Morgan fingerprint density at radius 1 is 1.07 bits per heavy atom. The Bertz CT molecular complexity index is 280. The van der Waals surface area contributed by atoms with E-state index >= 15 is 0 Å². The molecule has 0 aliphatic heterocycles. The van der Waals surface area contributed by atoms with E-state index < -0.39 is 0 Å². The van der Waals surface area contributed by atoms with Gasteiger partial charge in [-0.1, -0.05) is 59.8 Å². The molecule has 1 rings (SSSR count). The zero-order chi connectivity index (χ0) is 11.9. The molecule has 0 heterocycles. The molecule has 0 aromatic carbocycles. The van der Waals surface area contributed by atoms with Crippen molar-refractivity contribution in [1.82, 2.24) is 0 Å². The zero-order valence-electron chi connectivity index (χ0n) is 10.8. The van der Waals surface area contributed by atoms with Crippen molar-refractivity contribution in [3.63, 3.8) is 0 Å². The van der Waals surface area contributed by atoms with Crippen molar-refractivity contribution >= 4 is 22.6 Å². The van der Waals surface area contributed by atoms with E-state index in [2.05, 4.69) is 82.4 Å². The van der Waals surface area contributed by atoms with Crippen LogP contribution in [0.4, 0.5) is 0 Å². The van der Waals surface area contributed by atoms with E-state index in [1.165, 1.54) is 3.58 Å². The minimum Gasteiger partial charge on any atom is -0.0759 e. The number of rotatable bonds is 0. The summed E-state index contributed by atoms with van der Waals surface area (Å²) in [4.78, 5) is 0. The molecule has 1 heteroatoms. The highest BCUT2D eigenvalue weighted by molar-refractivity contribution is 14.1. The lowest BCUT2D eigenvalue weighted by Crippen LogP contribution is -2.45. The Hall–Kier alpha value is 0.210. The molecule has 0 saturated heterocycles. The minimum absolute atomic E-state index is 0.272. The second kappa shape index (κ2) is 3.90. The summed E-state index contributed by atoms with van der Waals surface area (Å²) < 4.78 is 1.37. The molecule has 0 saturated carbocycles. The van der Waals surface area contributed by atoms with E-state index in [1.54, 1.807) is 0 Å². The summed E-state index contributed by atoms with van der Waals surface area (Å²) in [6, 6.07) is 0. The van der Waals surface area contributed by atoms with Crippen LogP contribution >= 0.6 is 22.6 Å². The summed E-state index contributed by atoms with van der Waals surface area (Å²) in [6.07, 6.45) is 8.25. The van der Waals surface area contributed by atoms with E-state index in [1.807, 2.05) is 0 Å². The molecule has 0 amide bonds. The van der Waals surface area contributed by atoms with Gasteiger partial charge in [0.05, 0.1) is 0 Å². The molecule has 1 aliphatic carbocycles. The number of hydrogen-bond donors (Lipinski definition) is 0. The van der Waals surface area contributed by atoms with Crippen molar-refractivity contribution in [3.05, 3.63) is 21.8 Å². The molecule has 0 unspecified atom stereocenters. The number of hydrogen-bond acceptors (Lipinski definition) is 0. The maximum atomic E-state index is 2.44. The molecule has 0 radical (unpaired) electrons. The topological polar surface area (TPSA) is 0 Å².